The Hall–Kier alpha value is -2.60. The average Bonchev–Trinajstić information content (AvgIpc) is 3.21. The van der Waals surface area contributed by atoms with E-state index in [1.807, 2.05) is 12.1 Å². The molecule has 1 atom stereocenters. The van der Waals surface area contributed by atoms with Crippen molar-refractivity contribution in [1.82, 2.24) is 20.4 Å². The number of amides is 2. The first-order valence-electron chi connectivity index (χ1n) is 8.03. The fourth-order valence-electron chi connectivity index (χ4n) is 2.92. The van der Waals surface area contributed by atoms with Crippen molar-refractivity contribution in [3.05, 3.63) is 53.7 Å². The summed E-state index contributed by atoms with van der Waals surface area (Å²) in [6, 6.07) is 7.39. The van der Waals surface area contributed by atoms with Crippen LogP contribution < -0.4 is 5.32 Å². The van der Waals surface area contributed by atoms with Crippen LogP contribution in [0.5, 0.6) is 0 Å². The lowest BCUT2D eigenvalue weighted by Crippen LogP contribution is -2.32. The van der Waals surface area contributed by atoms with Crippen molar-refractivity contribution in [3.8, 4) is 11.3 Å². The number of halogens is 1. The molecule has 1 aliphatic heterocycles. The van der Waals surface area contributed by atoms with Crippen LogP contribution in [0.3, 0.4) is 0 Å². The molecule has 1 aromatic heterocycles. The Morgan fingerprint density at radius 3 is 2.92 bits per heavy atom. The van der Waals surface area contributed by atoms with E-state index in [9.17, 15) is 9.59 Å². The van der Waals surface area contributed by atoms with E-state index in [1.54, 1.807) is 29.3 Å². The van der Waals surface area contributed by atoms with Crippen molar-refractivity contribution < 1.29 is 9.59 Å². The summed E-state index contributed by atoms with van der Waals surface area (Å²) in [6.45, 7) is 4.89. The number of nitrogens with one attached hydrogen (secondary N) is 2. The molecule has 2 amide bonds. The van der Waals surface area contributed by atoms with Gasteiger partial charge in [-0.15, -0.1) is 6.58 Å². The quantitative estimate of drug-likeness (QED) is 0.778. The smallest absolute Gasteiger partial charge is 0.225 e. The molecule has 3 rings (SSSR count). The maximum atomic E-state index is 12.4. The number of rotatable bonds is 6. The number of benzene rings is 1. The van der Waals surface area contributed by atoms with Crippen LogP contribution >= 0.6 is 11.6 Å². The molecule has 25 heavy (non-hydrogen) atoms. The molecule has 1 unspecified atom stereocenters. The zero-order valence-electron chi connectivity index (χ0n) is 13.7. The molecule has 1 fully saturated rings. The van der Waals surface area contributed by atoms with E-state index in [2.05, 4.69) is 22.1 Å². The van der Waals surface area contributed by atoms with Gasteiger partial charge in [-0.1, -0.05) is 29.8 Å². The van der Waals surface area contributed by atoms with Gasteiger partial charge < -0.3 is 10.2 Å². The van der Waals surface area contributed by atoms with Gasteiger partial charge in [0.25, 0.3) is 0 Å². The number of H-pyrrole nitrogens is 1. The summed E-state index contributed by atoms with van der Waals surface area (Å²) in [5.74, 6) is -0.452. The van der Waals surface area contributed by atoms with E-state index in [0.29, 0.717) is 24.7 Å². The second-order valence-electron chi connectivity index (χ2n) is 5.98. The monoisotopic (exact) mass is 358 g/mol. The van der Waals surface area contributed by atoms with E-state index >= 15 is 0 Å². The first-order valence-corrected chi connectivity index (χ1v) is 8.41. The highest BCUT2D eigenvalue weighted by Gasteiger charge is 2.33. The predicted octanol–water partition coefficient (Wildman–Crippen LogP) is 2.38. The maximum absolute atomic E-state index is 12.4. The van der Waals surface area contributed by atoms with Gasteiger partial charge in [0, 0.05) is 36.6 Å². The van der Waals surface area contributed by atoms with Gasteiger partial charge in [-0.3, -0.25) is 14.7 Å². The number of carbonyl (C=O) groups excluding carboxylic acids is 2. The Morgan fingerprint density at radius 2 is 2.20 bits per heavy atom. The number of aromatic nitrogens is 2. The van der Waals surface area contributed by atoms with Gasteiger partial charge in [0.05, 0.1) is 17.8 Å². The SMILES string of the molecule is C=CCN1CC(C(=O)NCc2cn[nH]c2-c2ccc(Cl)cc2)CC1=O. The average molecular weight is 359 g/mol. The van der Waals surface area contributed by atoms with Gasteiger partial charge in [-0.2, -0.15) is 5.10 Å². The van der Waals surface area contributed by atoms with Gasteiger partial charge in [0.15, 0.2) is 0 Å². The molecule has 130 valence electrons. The molecule has 0 spiro atoms. The second kappa shape index (κ2) is 7.53. The van der Waals surface area contributed by atoms with E-state index in [0.717, 1.165) is 16.8 Å². The number of aromatic amines is 1. The highest BCUT2D eigenvalue weighted by atomic mass is 35.5. The highest BCUT2D eigenvalue weighted by molar-refractivity contribution is 6.30. The number of likely N-dealkylation sites (tertiary alicyclic amines) is 1. The summed E-state index contributed by atoms with van der Waals surface area (Å²) in [6.07, 6.45) is 3.60. The molecule has 1 aromatic carbocycles. The molecule has 2 N–H and O–H groups in total. The molecule has 6 nitrogen and oxygen atoms in total. The standard InChI is InChI=1S/C18H19ClN4O2/c1-2-7-23-11-13(8-16(23)24)18(25)20-9-14-10-21-22-17(14)12-3-5-15(19)6-4-12/h2-6,10,13H,1,7-9,11H2,(H,20,25)(H,21,22). The fraction of sp³-hybridized carbons (Fsp3) is 0.278. The molecule has 0 saturated carbocycles. The Balaban J connectivity index is 1.62. The van der Waals surface area contributed by atoms with Gasteiger partial charge in [-0.25, -0.2) is 0 Å². The molecular formula is C18H19ClN4O2. The van der Waals surface area contributed by atoms with Crippen molar-refractivity contribution in [1.29, 1.82) is 0 Å². The van der Waals surface area contributed by atoms with Crippen LogP contribution in [0, 0.1) is 5.92 Å². The van der Waals surface area contributed by atoms with E-state index in [1.165, 1.54) is 0 Å². The molecule has 1 aliphatic rings. The third-order valence-electron chi connectivity index (χ3n) is 4.24. The van der Waals surface area contributed by atoms with Crippen LogP contribution in [-0.2, 0) is 16.1 Å². The number of carbonyl (C=O) groups is 2. The lowest BCUT2D eigenvalue weighted by atomic mass is 10.1. The normalized spacial score (nSPS) is 16.9. The van der Waals surface area contributed by atoms with Crippen molar-refractivity contribution in [2.75, 3.05) is 13.1 Å². The van der Waals surface area contributed by atoms with Crippen molar-refractivity contribution in [2.24, 2.45) is 5.92 Å². The minimum absolute atomic E-state index is 0.00906. The topological polar surface area (TPSA) is 78.1 Å². The molecular weight excluding hydrogens is 340 g/mol. The van der Waals surface area contributed by atoms with Gasteiger partial charge in [0.2, 0.25) is 11.8 Å². The summed E-state index contributed by atoms with van der Waals surface area (Å²) in [7, 11) is 0. The highest BCUT2D eigenvalue weighted by Crippen LogP contribution is 2.23. The van der Waals surface area contributed by atoms with Crippen molar-refractivity contribution >= 4 is 23.4 Å². The van der Waals surface area contributed by atoms with Crippen LogP contribution in [0.4, 0.5) is 0 Å². The summed E-state index contributed by atoms with van der Waals surface area (Å²) in [4.78, 5) is 25.9. The number of nitrogens with zero attached hydrogens (tertiary/aromatic N) is 2. The van der Waals surface area contributed by atoms with Gasteiger partial charge in [0.1, 0.15) is 0 Å². The Kier molecular flexibility index (Phi) is 5.19. The van der Waals surface area contributed by atoms with E-state index < -0.39 is 0 Å². The third kappa shape index (κ3) is 3.91. The number of hydrogen-bond donors (Lipinski definition) is 2. The van der Waals surface area contributed by atoms with Crippen LogP contribution in [0.15, 0.2) is 43.1 Å². The van der Waals surface area contributed by atoms with Crippen LogP contribution in [0.25, 0.3) is 11.3 Å². The van der Waals surface area contributed by atoms with Gasteiger partial charge in [-0.05, 0) is 17.7 Å². The Bertz CT molecular complexity index is 785. The molecule has 7 heteroatoms. The molecule has 1 saturated heterocycles. The second-order valence-corrected chi connectivity index (χ2v) is 6.42. The molecule has 2 aromatic rings. The van der Waals surface area contributed by atoms with Crippen LogP contribution in [0.2, 0.25) is 5.02 Å². The zero-order valence-corrected chi connectivity index (χ0v) is 14.4. The van der Waals surface area contributed by atoms with Crippen LogP contribution in [-0.4, -0.2) is 40.0 Å². The van der Waals surface area contributed by atoms with E-state index in [4.69, 9.17) is 11.6 Å². The van der Waals surface area contributed by atoms with Crippen LogP contribution in [0.1, 0.15) is 12.0 Å². The summed E-state index contributed by atoms with van der Waals surface area (Å²) in [5.41, 5.74) is 2.66. The Morgan fingerprint density at radius 1 is 1.44 bits per heavy atom. The Labute approximate surface area is 150 Å². The zero-order chi connectivity index (χ0) is 17.8. The lowest BCUT2D eigenvalue weighted by Gasteiger charge is -2.14. The minimum Gasteiger partial charge on any atom is -0.352 e. The molecule has 0 bridgehead atoms. The predicted molar refractivity (Wildman–Crippen MR) is 95.8 cm³/mol. The van der Waals surface area contributed by atoms with Crippen molar-refractivity contribution in [2.45, 2.75) is 13.0 Å². The largest absolute Gasteiger partial charge is 0.352 e. The molecule has 0 radical (unpaired) electrons. The van der Waals surface area contributed by atoms with Gasteiger partial charge >= 0.3 is 0 Å². The fourth-order valence-corrected chi connectivity index (χ4v) is 3.04. The maximum Gasteiger partial charge on any atom is 0.225 e. The molecule has 2 heterocycles. The minimum atomic E-state index is -0.321. The lowest BCUT2D eigenvalue weighted by molar-refractivity contribution is -0.128. The summed E-state index contributed by atoms with van der Waals surface area (Å²) in [5, 5.41) is 10.6. The summed E-state index contributed by atoms with van der Waals surface area (Å²) < 4.78 is 0. The third-order valence-corrected chi connectivity index (χ3v) is 4.49. The first kappa shape index (κ1) is 17.2. The first-order chi connectivity index (χ1) is 12.1. The van der Waals surface area contributed by atoms with E-state index in [-0.39, 0.29) is 24.2 Å². The molecule has 0 aliphatic carbocycles. The van der Waals surface area contributed by atoms with Crippen molar-refractivity contribution in [3.63, 3.8) is 0 Å². The number of hydrogen-bond acceptors (Lipinski definition) is 3. The summed E-state index contributed by atoms with van der Waals surface area (Å²) >= 11 is 5.91.